The summed E-state index contributed by atoms with van der Waals surface area (Å²) < 4.78 is 12.6. The molecule has 122 valence electrons. The van der Waals surface area contributed by atoms with Crippen molar-refractivity contribution >= 4 is 0 Å². The van der Waals surface area contributed by atoms with Gasteiger partial charge in [0.1, 0.15) is 0 Å². The van der Waals surface area contributed by atoms with Crippen LogP contribution in [0.5, 0.6) is 0 Å². The van der Waals surface area contributed by atoms with Gasteiger partial charge in [-0.1, -0.05) is 74.5 Å². The molecule has 0 unspecified atom stereocenters. The Balaban J connectivity index is 1.88. The van der Waals surface area contributed by atoms with Crippen LogP contribution in [0.25, 0.3) is 0 Å². The van der Waals surface area contributed by atoms with Crippen molar-refractivity contribution in [1.29, 1.82) is 0 Å². The predicted molar refractivity (Wildman–Crippen MR) is 93.5 cm³/mol. The van der Waals surface area contributed by atoms with Crippen LogP contribution < -0.4 is 0 Å². The summed E-state index contributed by atoms with van der Waals surface area (Å²) in [5.41, 5.74) is 2.59. The molecule has 2 aromatic carbocycles. The Morgan fingerprint density at radius 3 is 1.39 bits per heavy atom. The molecule has 1 fully saturated rings. The van der Waals surface area contributed by atoms with Gasteiger partial charge in [-0.3, -0.25) is 0 Å². The van der Waals surface area contributed by atoms with Gasteiger partial charge in [0.05, 0.1) is 12.2 Å². The van der Waals surface area contributed by atoms with Crippen molar-refractivity contribution in [2.24, 2.45) is 0 Å². The first kappa shape index (κ1) is 16.2. The van der Waals surface area contributed by atoms with Gasteiger partial charge < -0.3 is 9.47 Å². The SMILES string of the molecule is C[C@H](c1ccccc1)[C@H]1OC(C)(C)O[C@@H]1[C@@H](C)c1ccccc1. The van der Waals surface area contributed by atoms with Crippen LogP contribution >= 0.6 is 0 Å². The van der Waals surface area contributed by atoms with Crippen LogP contribution in [0.2, 0.25) is 0 Å². The Hall–Kier alpha value is -1.64. The molecule has 0 aromatic heterocycles. The van der Waals surface area contributed by atoms with Crippen LogP contribution in [0.15, 0.2) is 60.7 Å². The maximum absolute atomic E-state index is 6.30. The fraction of sp³-hybridized carbons (Fsp3) is 0.429. The normalized spacial score (nSPS) is 25.9. The third-order valence-corrected chi connectivity index (χ3v) is 4.80. The lowest BCUT2D eigenvalue weighted by molar-refractivity contribution is -0.149. The van der Waals surface area contributed by atoms with E-state index in [-0.39, 0.29) is 24.0 Å². The summed E-state index contributed by atoms with van der Waals surface area (Å²) in [4.78, 5) is 0. The fourth-order valence-electron chi connectivity index (χ4n) is 3.48. The molecular weight excluding hydrogens is 284 g/mol. The molecule has 0 bridgehead atoms. The minimum atomic E-state index is -0.540. The van der Waals surface area contributed by atoms with E-state index in [9.17, 15) is 0 Å². The van der Waals surface area contributed by atoms with Crippen molar-refractivity contribution in [3.05, 3.63) is 71.8 Å². The molecule has 2 aromatic rings. The Labute approximate surface area is 139 Å². The topological polar surface area (TPSA) is 18.5 Å². The summed E-state index contributed by atoms with van der Waals surface area (Å²) in [6, 6.07) is 21.1. The monoisotopic (exact) mass is 310 g/mol. The molecule has 0 saturated carbocycles. The highest BCUT2D eigenvalue weighted by atomic mass is 16.8. The Morgan fingerprint density at radius 2 is 1.04 bits per heavy atom. The largest absolute Gasteiger partial charge is 0.344 e. The first-order valence-corrected chi connectivity index (χ1v) is 8.43. The molecule has 1 aliphatic rings. The lowest BCUT2D eigenvalue weighted by atomic mass is 9.84. The Morgan fingerprint density at radius 1 is 0.696 bits per heavy atom. The van der Waals surface area contributed by atoms with E-state index in [0.29, 0.717) is 0 Å². The van der Waals surface area contributed by atoms with E-state index in [1.54, 1.807) is 0 Å². The molecule has 0 amide bonds. The highest BCUT2D eigenvalue weighted by molar-refractivity contribution is 5.24. The van der Waals surface area contributed by atoms with E-state index in [1.807, 2.05) is 13.8 Å². The van der Waals surface area contributed by atoms with Gasteiger partial charge in [0.25, 0.3) is 0 Å². The maximum Gasteiger partial charge on any atom is 0.163 e. The van der Waals surface area contributed by atoms with Gasteiger partial charge in [0, 0.05) is 11.8 Å². The average Bonchev–Trinajstić information content (AvgIpc) is 2.91. The summed E-state index contributed by atoms with van der Waals surface area (Å²) in [6.07, 6.45) is 0.0882. The second-order valence-corrected chi connectivity index (χ2v) is 6.96. The zero-order valence-electron chi connectivity index (χ0n) is 14.4. The van der Waals surface area contributed by atoms with E-state index in [4.69, 9.17) is 9.47 Å². The molecule has 1 heterocycles. The van der Waals surface area contributed by atoms with Gasteiger partial charge in [-0.25, -0.2) is 0 Å². The summed E-state index contributed by atoms with van der Waals surface area (Å²) >= 11 is 0. The van der Waals surface area contributed by atoms with E-state index in [1.165, 1.54) is 11.1 Å². The van der Waals surface area contributed by atoms with Crippen LogP contribution in [0.4, 0.5) is 0 Å². The summed E-state index contributed by atoms with van der Waals surface area (Å²) in [5.74, 6) is 0.0322. The minimum absolute atomic E-state index is 0.0441. The van der Waals surface area contributed by atoms with Gasteiger partial charge >= 0.3 is 0 Å². The van der Waals surface area contributed by atoms with Crippen molar-refractivity contribution in [1.82, 2.24) is 0 Å². The van der Waals surface area contributed by atoms with Crippen molar-refractivity contribution in [2.45, 2.75) is 57.5 Å². The second kappa shape index (κ2) is 6.46. The average molecular weight is 310 g/mol. The zero-order chi connectivity index (χ0) is 16.4. The lowest BCUT2D eigenvalue weighted by Gasteiger charge is -2.28. The van der Waals surface area contributed by atoms with E-state index in [0.717, 1.165) is 0 Å². The molecular formula is C21H26O2. The molecule has 1 saturated heterocycles. The fourth-order valence-corrected chi connectivity index (χ4v) is 3.48. The molecule has 0 aliphatic carbocycles. The highest BCUT2D eigenvalue weighted by Gasteiger charge is 2.46. The Bertz CT molecular complexity index is 565. The molecule has 1 aliphatic heterocycles. The van der Waals surface area contributed by atoms with E-state index in [2.05, 4.69) is 74.5 Å². The molecule has 0 N–H and O–H groups in total. The summed E-state index contributed by atoms with van der Waals surface area (Å²) in [7, 11) is 0. The van der Waals surface area contributed by atoms with E-state index < -0.39 is 5.79 Å². The molecule has 4 atom stereocenters. The van der Waals surface area contributed by atoms with Gasteiger partial charge in [-0.2, -0.15) is 0 Å². The van der Waals surface area contributed by atoms with Gasteiger partial charge in [0.2, 0.25) is 0 Å². The van der Waals surface area contributed by atoms with Crippen molar-refractivity contribution < 1.29 is 9.47 Å². The van der Waals surface area contributed by atoms with Crippen LogP contribution in [0.1, 0.15) is 50.7 Å². The third kappa shape index (κ3) is 3.49. The summed E-state index contributed by atoms with van der Waals surface area (Å²) in [6.45, 7) is 8.48. The van der Waals surface area contributed by atoms with Crippen molar-refractivity contribution in [3.8, 4) is 0 Å². The van der Waals surface area contributed by atoms with Gasteiger partial charge in [-0.15, -0.1) is 0 Å². The van der Waals surface area contributed by atoms with Gasteiger partial charge in [-0.05, 0) is 25.0 Å². The number of benzene rings is 2. The van der Waals surface area contributed by atoms with Crippen LogP contribution in [-0.2, 0) is 9.47 Å². The highest BCUT2D eigenvalue weighted by Crippen LogP contribution is 2.41. The van der Waals surface area contributed by atoms with Crippen molar-refractivity contribution in [3.63, 3.8) is 0 Å². The molecule has 0 radical (unpaired) electrons. The number of hydrogen-bond donors (Lipinski definition) is 0. The Kier molecular flexibility index (Phi) is 4.56. The molecule has 3 rings (SSSR count). The molecule has 23 heavy (non-hydrogen) atoms. The standard InChI is InChI=1S/C21H26O2/c1-15(17-11-7-5-8-12-17)19-20(23-21(3,4)22-19)16(2)18-13-9-6-10-14-18/h5-16,19-20H,1-4H3/t15-,16+,19-,20-/m1/s1. The predicted octanol–water partition coefficient (Wildman–Crippen LogP) is 5.11. The number of hydrogen-bond acceptors (Lipinski definition) is 2. The van der Waals surface area contributed by atoms with E-state index >= 15 is 0 Å². The quantitative estimate of drug-likeness (QED) is 0.781. The lowest BCUT2D eigenvalue weighted by Crippen LogP contribution is -2.32. The molecule has 0 spiro atoms. The molecule has 2 heteroatoms. The van der Waals surface area contributed by atoms with Gasteiger partial charge in [0.15, 0.2) is 5.79 Å². The van der Waals surface area contributed by atoms with Crippen LogP contribution in [0.3, 0.4) is 0 Å². The first-order valence-electron chi connectivity index (χ1n) is 8.43. The molecule has 2 nitrogen and oxygen atoms in total. The smallest absolute Gasteiger partial charge is 0.163 e. The van der Waals surface area contributed by atoms with Crippen LogP contribution in [-0.4, -0.2) is 18.0 Å². The first-order chi connectivity index (χ1) is 11.0. The van der Waals surface area contributed by atoms with Crippen LogP contribution in [0, 0.1) is 0 Å². The van der Waals surface area contributed by atoms with Crippen molar-refractivity contribution in [2.75, 3.05) is 0 Å². The zero-order valence-corrected chi connectivity index (χ0v) is 14.4. The second-order valence-electron chi connectivity index (χ2n) is 6.96. The summed E-state index contributed by atoms with van der Waals surface area (Å²) in [5, 5.41) is 0. The number of rotatable bonds is 4. The third-order valence-electron chi connectivity index (χ3n) is 4.80. The maximum atomic E-state index is 6.30. The minimum Gasteiger partial charge on any atom is -0.344 e. The number of ether oxygens (including phenoxy) is 2.